The third-order valence-corrected chi connectivity index (χ3v) is 3.87. The Kier molecular flexibility index (Phi) is 3.99. The van der Waals surface area contributed by atoms with Crippen molar-refractivity contribution in [3.8, 4) is 22.5 Å². The van der Waals surface area contributed by atoms with Crippen molar-refractivity contribution in [1.29, 1.82) is 0 Å². The van der Waals surface area contributed by atoms with Gasteiger partial charge in [0.25, 0.3) is 0 Å². The van der Waals surface area contributed by atoms with Gasteiger partial charge in [0, 0.05) is 16.7 Å². The van der Waals surface area contributed by atoms with Gasteiger partial charge in [0.15, 0.2) is 0 Å². The van der Waals surface area contributed by atoms with Crippen LogP contribution in [0.2, 0.25) is 0 Å². The molecule has 0 bridgehead atoms. The first-order valence-corrected chi connectivity index (χ1v) is 7.97. The van der Waals surface area contributed by atoms with Crippen molar-refractivity contribution < 1.29 is 0 Å². The van der Waals surface area contributed by atoms with Crippen LogP contribution >= 0.6 is 0 Å². The van der Waals surface area contributed by atoms with Crippen LogP contribution < -0.4 is 0 Å². The summed E-state index contributed by atoms with van der Waals surface area (Å²) in [5.41, 5.74) is 5.49. The van der Waals surface area contributed by atoms with Gasteiger partial charge in [-0.2, -0.15) is 0 Å². The van der Waals surface area contributed by atoms with Crippen LogP contribution in [-0.4, -0.2) is 9.97 Å². The predicted molar refractivity (Wildman–Crippen MR) is 96.3 cm³/mol. The van der Waals surface area contributed by atoms with Gasteiger partial charge in [0.05, 0.1) is 11.4 Å². The maximum Gasteiger partial charge on any atom is 0.126 e. The molecule has 0 amide bonds. The Labute approximate surface area is 138 Å². The van der Waals surface area contributed by atoms with Crippen LogP contribution in [0.15, 0.2) is 60.7 Å². The molecule has 2 aromatic carbocycles. The molecular weight excluding hydrogens is 280 g/mol. The van der Waals surface area contributed by atoms with Crippen LogP contribution in [0.1, 0.15) is 32.2 Å². The molecule has 0 saturated heterocycles. The van der Waals surface area contributed by atoms with Crippen molar-refractivity contribution in [3.63, 3.8) is 0 Å². The summed E-state index contributed by atoms with van der Waals surface area (Å²) in [5, 5.41) is 0. The second kappa shape index (κ2) is 5.96. The van der Waals surface area contributed by atoms with Gasteiger partial charge in [-0.1, -0.05) is 81.4 Å². The summed E-state index contributed by atoms with van der Waals surface area (Å²) >= 11 is 0. The number of rotatable bonds is 2. The summed E-state index contributed by atoms with van der Waals surface area (Å²) in [6.07, 6.45) is 0. The predicted octanol–water partition coefficient (Wildman–Crippen LogP) is 5.42. The first-order chi connectivity index (χ1) is 11.0. The molecule has 2 nitrogen and oxygen atoms in total. The fraction of sp³-hybridized carbons (Fsp3) is 0.238. The zero-order chi connectivity index (χ0) is 16.4. The van der Waals surface area contributed by atoms with Gasteiger partial charge < -0.3 is 0 Å². The van der Waals surface area contributed by atoms with E-state index >= 15 is 0 Å². The number of aromatic nitrogens is 2. The van der Waals surface area contributed by atoms with E-state index in [2.05, 4.69) is 69.3 Å². The van der Waals surface area contributed by atoms with E-state index in [0.717, 1.165) is 28.3 Å². The van der Waals surface area contributed by atoms with E-state index in [4.69, 9.17) is 9.97 Å². The summed E-state index contributed by atoms with van der Waals surface area (Å²) in [6.45, 7) is 8.63. The number of benzene rings is 2. The topological polar surface area (TPSA) is 25.8 Å². The molecule has 2 heteroatoms. The molecule has 0 saturated carbocycles. The lowest BCUT2D eigenvalue weighted by Crippen LogP contribution is -2.17. The van der Waals surface area contributed by atoms with Crippen molar-refractivity contribution in [2.75, 3.05) is 0 Å². The Bertz CT molecular complexity index is 740. The minimum absolute atomic E-state index is 0.0515. The molecule has 0 aliphatic heterocycles. The van der Waals surface area contributed by atoms with Gasteiger partial charge in [-0.3, -0.25) is 0 Å². The minimum atomic E-state index is -0.0515. The number of aryl methyl sites for hydroxylation is 1. The maximum atomic E-state index is 4.78. The van der Waals surface area contributed by atoms with Crippen LogP contribution in [0, 0.1) is 6.92 Å². The fourth-order valence-electron chi connectivity index (χ4n) is 2.89. The lowest BCUT2D eigenvalue weighted by atomic mass is 9.81. The van der Waals surface area contributed by atoms with E-state index in [1.54, 1.807) is 0 Å². The maximum absolute atomic E-state index is 4.78. The normalized spacial score (nSPS) is 11.5. The summed E-state index contributed by atoms with van der Waals surface area (Å²) in [5.74, 6) is 0.802. The highest BCUT2D eigenvalue weighted by molar-refractivity contribution is 5.75. The van der Waals surface area contributed by atoms with Gasteiger partial charge in [-0.05, 0) is 12.3 Å². The summed E-state index contributed by atoms with van der Waals surface area (Å²) < 4.78 is 0. The first-order valence-electron chi connectivity index (χ1n) is 7.97. The Morgan fingerprint density at radius 1 is 0.652 bits per heavy atom. The van der Waals surface area contributed by atoms with Crippen LogP contribution in [0.5, 0.6) is 0 Å². The quantitative estimate of drug-likeness (QED) is 0.632. The van der Waals surface area contributed by atoms with Crippen molar-refractivity contribution >= 4 is 0 Å². The van der Waals surface area contributed by atoms with Crippen molar-refractivity contribution in [3.05, 3.63) is 72.1 Å². The zero-order valence-electron chi connectivity index (χ0n) is 14.2. The van der Waals surface area contributed by atoms with Gasteiger partial charge in [-0.25, -0.2) is 9.97 Å². The van der Waals surface area contributed by atoms with Gasteiger partial charge in [0.1, 0.15) is 5.82 Å². The monoisotopic (exact) mass is 302 g/mol. The lowest BCUT2D eigenvalue weighted by molar-refractivity contribution is 0.587. The third kappa shape index (κ3) is 3.16. The summed E-state index contributed by atoms with van der Waals surface area (Å²) in [6, 6.07) is 20.8. The second-order valence-corrected chi connectivity index (χ2v) is 6.83. The molecule has 0 unspecified atom stereocenters. The number of hydrogen-bond acceptors (Lipinski definition) is 2. The van der Waals surface area contributed by atoms with Crippen molar-refractivity contribution in [2.24, 2.45) is 0 Å². The minimum Gasteiger partial charge on any atom is -0.233 e. The smallest absolute Gasteiger partial charge is 0.126 e. The molecule has 0 radical (unpaired) electrons. The zero-order valence-corrected chi connectivity index (χ0v) is 14.2. The SMILES string of the molecule is Cc1nc(-c2ccccc2)c(C(C)(C)C)c(-c2ccccc2)n1. The van der Waals surface area contributed by atoms with Crippen molar-refractivity contribution in [1.82, 2.24) is 9.97 Å². The molecule has 0 spiro atoms. The Balaban J connectivity index is 2.35. The molecule has 0 N–H and O–H groups in total. The van der Waals surface area contributed by atoms with Crippen molar-refractivity contribution in [2.45, 2.75) is 33.1 Å². The molecule has 3 aromatic rings. The standard InChI is InChI=1S/C21H22N2/c1-15-22-19(16-11-7-5-8-12-16)18(21(2,3)4)20(23-15)17-13-9-6-10-14-17/h5-14H,1-4H3. The van der Waals surface area contributed by atoms with Gasteiger partial charge in [0.2, 0.25) is 0 Å². The van der Waals surface area contributed by atoms with Crippen LogP contribution in [0.3, 0.4) is 0 Å². The molecular formula is C21H22N2. The molecule has 0 fully saturated rings. The average molecular weight is 302 g/mol. The highest BCUT2D eigenvalue weighted by Crippen LogP contribution is 2.38. The van der Waals surface area contributed by atoms with E-state index in [1.807, 2.05) is 19.1 Å². The van der Waals surface area contributed by atoms with Crippen LogP contribution in [0.25, 0.3) is 22.5 Å². The summed E-state index contributed by atoms with van der Waals surface area (Å²) in [7, 11) is 0. The first kappa shape index (κ1) is 15.4. The van der Waals surface area contributed by atoms with Gasteiger partial charge >= 0.3 is 0 Å². The molecule has 3 rings (SSSR count). The van der Waals surface area contributed by atoms with E-state index in [9.17, 15) is 0 Å². The third-order valence-electron chi connectivity index (χ3n) is 3.87. The van der Waals surface area contributed by atoms with Crippen LogP contribution in [0.4, 0.5) is 0 Å². The van der Waals surface area contributed by atoms with E-state index < -0.39 is 0 Å². The molecule has 23 heavy (non-hydrogen) atoms. The molecule has 0 aliphatic rings. The Morgan fingerprint density at radius 3 is 1.39 bits per heavy atom. The average Bonchev–Trinajstić information content (AvgIpc) is 2.54. The molecule has 1 heterocycles. The largest absolute Gasteiger partial charge is 0.233 e. The van der Waals surface area contributed by atoms with Gasteiger partial charge in [-0.15, -0.1) is 0 Å². The Morgan fingerprint density at radius 2 is 1.04 bits per heavy atom. The second-order valence-electron chi connectivity index (χ2n) is 6.83. The highest BCUT2D eigenvalue weighted by Gasteiger charge is 2.26. The van der Waals surface area contributed by atoms with E-state index in [-0.39, 0.29) is 5.41 Å². The highest BCUT2D eigenvalue weighted by atomic mass is 14.9. The number of hydrogen-bond donors (Lipinski definition) is 0. The van der Waals surface area contributed by atoms with Crippen LogP contribution in [-0.2, 0) is 5.41 Å². The molecule has 0 atom stereocenters. The lowest BCUT2D eigenvalue weighted by Gasteiger charge is -2.25. The molecule has 116 valence electrons. The summed E-state index contributed by atoms with van der Waals surface area (Å²) in [4.78, 5) is 9.57. The molecule has 0 aliphatic carbocycles. The van der Waals surface area contributed by atoms with E-state index in [1.165, 1.54) is 5.56 Å². The number of nitrogens with zero attached hydrogens (tertiary/aromatic N) is 2. The Hall–Kier alpha value is -2.48. The molecule has 1 aromatic heterocycles. The van der Waals surface area contributed by atoms with E-state index in [0.29, 0.717) is 0 Å². The fourth-order valence-corrected chi connectivity index (χ4v) is 2.89.